The molecule has 3 unspecified atom stereocenters. The smallest absolute Gasteiger partial charge is 0.306 e. The van der Waals surface area contributed by atoms with Crippen molar-refractivity contribution in [3.05, 3.63) is 48.6 Å². The number of carbonyl (C=O) groups is 2. The van der Waals surface area contributed by atoms with Crippen LogP contribution in [0.4, 0.5) is 0 Å². The first-order valence-electron chi connectivity index (χ1n) is 25.4. The number of esters is 1. The molecular formula is C53H97NO5. The van der Waals surface area contributed by atoms with Crippen LogP contribution in [-0.4, -0.2) is 46.9 Å². The number of allylic oxidation sites excluding steroid dienone is 8. The van der Waals surface area contributed by atoms with E-state index in [2.05, 4.69) is 38.2 Å². The van der Waals surface area contributed by atoms with Gasteiger partial charge >= 0.3 is 5.97 Å². The zero-order valence-corrected chi connectivity index (χ0v) is 39.1. The molecule has 59 heavy (non-hydrogen) atoms. The number of nitrogens with one attached hydrogen (secondary N) is 1. The molecule has 0 aliphatic rings. The van der Waals surface area contributed by atoms with Crippen molar-refractivity contribution in [2.45, 2.75) is 270 Å². The molecule has 0 aliphatic heterocycles. The Kier molecular flexibility index (Phi) is 45.1. The number of rotatable bonds is 45. The maximum Gasteiger partial charge on any atom is 0.306 e. The van der Waals surface area contributed by atoms with E-state index in [0.29, 0.717) is 19.3 Å². The predicted molar refractivity (Wildman–Crippen MR) is 255 cm³/mol. The molecule has 6 heteroatoms. The van der Waals surface area contributed by atoms with Crippen LogP contribution in [-0.2, 0) is 14.3 Å². The number of carbonyl (C=O) groups excluding carboxylic acids is 2. The summed E-state index contributed by atoms with van der Waals surface area (Å²) in [5, 5.41) is 23.7. The van der Waals surface area contributed by atoms with Crippen molar-refractivity contribution in [3.8, 4) is 0 Å². The summed E-state index contributed by atoms with van der Waals surface area (Å²) < 4.78 is 5.89. The van der Waals surface area contributed by atoms with E-state index in [1.807, 2.05) is 36.5 Å². The van der Waals surface area contributed by atoms with Crippen LogP contribution in [0.5, 0.6) is 0 Å². The average Bonchev–Trinajstić information content (AvgIpc) is 3.23. The molecule has 0 bridgehead atoms. The summed E-state index contributed by atoms with van der Waals surface area (Å²) in [4.78, 5) is 26.1. The zero-order valence-electron chi connectivity index (χ0n) is 39.1. The van der Waals surface area contributed by atoms with Gasteiger partial charge in [0.15, 0.2) is 0 Å². The average molecular weight is 828 g/mol. The van der Waals surface area contributed by atoms with Gasteiger partial charge in [-0.1, -0.05) is 249 Å². The molecule has 1 amide bonds. The Labute approximate surface area is 366 Å². The Morgan fingerprint density at radius 3 is 1.36 bits per heavy atom. The van der Waals surface area contributed by atoms with Gasteiger partial charge in [-0.3, -0.25) is 9.59 Å². The summed E-state index contributed by atoms with van der Waals surface area (Å²) in [5.74, 6) is -0.535. The summed E-state index contributed by atoms with van der Waals surface area (Å²) in [6.07, 6.45) is 56.1. The SMILES string of the molecule is CC/C=C/C=C/C=C\C=C/CCCC(CC(=O)NC(CO)C(O)CCCCCCCCCCCCCC)OC(=O)CCCCCCCCCCCCCCCCCCC. The second kappa shape index (κ2) is 46.9. The lowest BCUT2D eigenvalue weighted by atomic mass is 10.0. The van der Waals surface area contributed by atoms with Gasteiger partial charge in [0.2, 0.25) is 5.91 Å². The van der Waals surface area contributed by atoms with Gasteiger partial charge in [0.1, 0.15) is 6.10 Å². The largest absolute Gasteiger partial charge is 0.462 e. The lowest BCUT2D eigenvalue weighted by molar-refractivity contribution is -0.151. The van der Waals surface area contributed by atoms with Crippen molar-refractivity contribution in [2.75, 3.05) is 6.61 Å². The summed E-state index contributed by atoms with van der Waals surface area (Å²) in [6, 6.07) is -0.720. The Morgan fingerprint density at radius 1 is 0.508 bits per heavy atom. The molecule has 0 fully saturated rings. The monoisotopic (exact) mass is 828 g/mol. The van der Waals surface area contributed by atoms with Gasteiger partial charge in [-0.05, 0) is 38.5 Å². The summed E-state index contributed by atoms with van der Waals surface area (Å²) >= 11 is 0. The van der Waals surface area contributed by atoms with Crippen molar-refractivity contribution < 1.29 is 24.5 Å². The molecule has 0 spiro atoms. The Morgan fingerprint density at radius 2 is 0.915 bits per heavy atom. The number of hydrogen-bond acceptors (Lipinski definition) is 5. The Balaban J connectivity index is 4.55. The minimum absolute atomic E-state index is 0.0340. The fourth-order valence-corrected chi connectivity index (χ4v) is 7.68. The van der Waals surface area contributed by atoms with Crippen molar-refractivity contribution in [2.24, 2.45) is 0 Å². The fourth-order valence-electron chi connectivity index (χ4n) is 7.68. The third-order valence-corrected chi connectivity index (χ3v) is 11.5. The van der Waals surface area contributed by atoms with Crippen LogP contribution >= 0.6 is 0 Å². The molecule has 6 nitrogen and oxygen atoms in total. The Bertz CT molecular complexity index is 1020. The molecule has 0 saturated carbocycles. The van der Waals surface area contributed by atoms with Gasteiger partial charge in [0.25, 0.3) is 0 Å². The summed E-state index contributed by atoms with van der Waals surface area (Å²) in [7, 11) is 0. The molecule has 3 N–H and O–H groups in total. The van der Waals surface area contributed by atoms with Gasteiger partial charge in [-0.25, -0.2) is 0 Å². The molecule has 344 valence electrons. The first kappa shape index (κ1) is 56.8. The second-order valence-electron chi connectivity index (χ2n) is 17.3. The van der Waals surface area contributed by atoms with Crippen molar-refractivity contribution in [1.29, 1.82) is 0 Å². The molecule has 0 aromatic heterocycles. The highest BCUT2D eigenvalue weighted by molar-refractivity contribution is 5.77. The van der Waals surface area contributed by atoms with Crippen LogP contribution < -0.4 is 5.32 Å². The van der Waals surface area contributed by atoms with E-state index in [4.69, 9.17) is 4.74 Å². The normalized spacial score (nSPS) is 13.6. The van der Waals surface area contributed by atoms with E-state index >= 15 is 0 Å². The van der Waals surface area contributed by atoms with E-state index in [1.165, 1.54) is 148 Å². The maximum atomic E-state index is 13.2. The van der Waals surface area contributed by atoms with E-state index < -0.39 is 18.2 Å². The second-order valence-corrected chi connectivity index (χ2v) is 17.3. The maximum absolute atomic E-state index is 13.2. The highest BCUT2D eigenvalue weighted by Gasteiger charge is 2.24. The highest BCUT2D eigenvalue weighted by Crippen LogP contribution is 2.18. The molecular weight excluding hydrogens is 731 g/mol. The molecule has 3 atom stereocenters. The van der Waals surface area contributed by atoms with Gasteiger partial charge in [0.05, 0.1) is 25.2 Å². The molecule has 0 rings (SSSR count). The van der Waals surface area contributed by atoms with E-state index in [0.717, 1.165) is 57.8 Å². The van der Waals surface area contributed by atoms with Gasteiger partial charge in [-0.15, -0.1) is 0 Å². The van der Waals surface area contributed by atoms with Crippen LogP contribution in [0.2, 0.25) is 0 Å². The predicted octanol–water partition coefficient (Wildman–Crippen LogP) is 15.1. The molecule has 0 radical (unpaired) electrons. The first-order chi connectivity index (χ1) is 29.0. The van der Waals surface area contributed by atoms with Gasteiger partial charge in [0, 0.05) is 6.42 Å². The minimum Gasteiger partial charge on any atom is -0.462 e. The van der Waals surface area contributed by atoms with E-state index in [9.17, 15) is 19.8 Å². The topological polar surface area (TPSA) is 95.9 Å². The molecule has 0 heterocycles. The first-order valence-corrected chi connectivity index (χ1v) is 25.4. The highest BCUT2D eigenvalue weighted by atomic mass is 16.5. The number of amides is 1. The zero-order chi connectivity index (χ0) is 43.1. The van der Waals surface area contributed by atoms with Crippen molar-refractivity contribution in [3.63, 3.8) is 0 Å². The standard InChI is InChI=1S/C53H97NO5/c1-4-7-10-13-16-19-22-24-25-26-27-28-31-34-37-40-43-46-53(58)59-49(44-41-38-35-32-29-21-18-15-12-9-6-3)47-52(57)54-50(48-55)51(56)45-42-39-36-33-30-23-20-17-14-11-8-5-2/h9,12,15,18,21,29,32,35,49-51,55-56H,4-8,10-11,13-14,16-17,19-20,22-28,30-31,33-34,36-48H2,1-3H3,(H,54,57)/b12-9+,18-15+,29-21-,35-32-. The number of unbranched alkanes of at least 4 members (excludes halogenated alkanes) is 28. The van der Waals surface area contributed by atoms with Crippen molar-refractivity contribution in [1.82, 2.24) is 5.32 Å². The van der Waals surface area contributed by atoms with Crippen LogP contribution in [0.1, 0.15) is 252 Å². The van der Waals surface area contributed by atoms with Crippen LogP contribution in [0, 0.1) is 0 Å². The van der Waals surface area contributed by atoms with E-state index in [1.54, 1.807) is 0 Å². The minimum atomic E-state index is -0.802. The summed E-state index contributed by atoms with van der Waals surface area (Å²) in [5.41, 5.74) is 0. The lowest BCUT2D eigenvalue weighted by Gasteiger charge is -2.24. The number of aliphatic hydroxyl groups is 2. The molecule has 0 aliphatic carbocycles. The molecule has 0 aromatic carbocycles. The molecule has 0 saturated heterocycles. The number of hydrogen-bond donors (Lipinski definition) is 3. The number of ether oxygens (including phenoxy) is 1. The lowest BCUT2D eigenvalue weighted by Crippen LogP contribution is -2.46. The quantitative estimate of drug-likeness (QED) is 0.0323. The summed E-state index contributed by atoms with van der Waals surface area (Å²) in [6.45, 7) is 6.33. The fraction of sp³-hybridized carbons (Fsp3) is 0.811. The van der Waals surface area contributed by atoms with Crippen LogP contribution in [0.15, 0.2) is 48.6 Å². The van der Waals surface area contributed by atoms with E-state index in [-0.39, 0.29) is 24.9 Å². The Hall–Kier alpha value is -2.18. The van der Waals surface area contributed by atoms with Crippen LogP contribution in [0.25, 0.3) is 0 Å². The van der Waals surface area contributed by atoms with Gasteiger partial charge < -0.3 is 20.3 Å². The number of aliphatic hydroxyl groups excluding tert-OH is 2. The third-order valence-electron chi connectivity index (χ3n) is 11.5. The molecule has 0 aromatic rings. The van der Waals surface area contributed by atoms with Crippen molar-refractivity contribution >= 4 is 11.9 Å². The van der Waals surface area contributed by atoms with Gasteiger partial charge in [-0.2, -0.15) is 0 Å². The third kappa shape index (κ3) is 42.3. The van der Waals surface area contributed by atoms with Crippen LogP contribution in [0.3, 0.4) is 0 Å².